The minimum atomic E-state index is 0. The number of hydrogen-bond donors (Lipinski definition) is 1. The van der Waals surface area contributed by atoms with E-state index in [-0.39, 0.29) is 24.0 Å². The predicted molar refractivity (Wildman–Crippen MR) is 60.5 cm³/mol. The average Bonchev–Trinajstić information content (AvgIpc) is 2.65. The SMILES string of the molecule is C[n+]1ccc2c(c1)=C1NSN=C1SC=2.[I-]. The normalized spacial score (nSPS) is 16.6. The van der Waals surface area contributed by atoms with Gasteiger partial charge in [-0.2, -0.15) is 4.40 Å². The highest BCUT2D eigenvalue weighted by Crippen LogP contribution is 2.24. The van der Waals surface area contributed by atoms with Crippen LogP contribution in [0.1, 0.15) is 0 Å². The molecule has 0 amide bonds. The summed E-state index contributed by atoms with van der Waals surface area (Å²) in [5.74, 6) is 0. The lowest BCUT2D eigenvalue weighted by molar-refractivity contribution is -0.672. The molecule has 1 aromatic heterocycles. The summed E-state index contributed by atoms with van der Waals surface area (Å²) in [6.07, 6.45) is 4.18. The lowest BCUT2D eigenvalue weighted by Gasteiger charge is -2.04. The molecule has 0 spiro atoms. The summed E-state index contributed by atoms with van der Waals surface area (Å²) in [6.45, 7) is 0. The number of aromatic nitrogens is 1. The van der Waals surface area contributed by atoms with Gasteiger partial charge in [0.2, 0.25) is 0 Å². The van der Waals surface area contributed by atoms with Crippen LogP contribution < -0.4 is 43.7 Å². The van der Waals surface area contributed by atoms with E-state index in [9.17, 15) is 0 Å². The molecule has 3 nitrogen and oxygen atoms in total. The third-order valence-electron chi connectivity index (χ3n) is 2.19. The predicted octanol–water partition coefficient (Wildman–Crippen LogP) is -3.33. The molecule has 15 heavy (non-hydrogen) atoms. The first-order valence-electron chi connectivity index (χ1n) is 4.21. The third-order valence-corrected chi connectivity index (χ3v) is 3.77. The molecule has 0 aliphatic carbocycles. The maximum Gasteiger partial charge on any atom is 0.178 e. The minimum Gasteiger partial charge on any atom is -1.00 e. The van der Waals surface area contributed by atoms with Crippen molar-refractivity contribution in [3.05, 3.63) is 28.9 Å². The van der Waals surface area contributed by atoms with Gasteiger partial charge < -0.3 is 28.7 Å². The molecule has 6 heteroatoms. The van der Waals surface area contributed by atoms with Gasteiger partial charge in [-0.25, -0.2) is 4.57 Å². The van der Waals surface area contributed by atoms with E-state index < -0.39 is 0 Å². The number of fused-ring (bicyclic) bond motifs is 2. The summed E-state index contributed by atoms with van der Waals surface area (Å²) < 4.78 is 9.56. The highest BCUT2D eigenvalue weighted by atomic mass is 127. The van der Waals surface area contributed by atoms with Crippen molar-refractivity contribution in [2.24, 2.45) is 11.4 Å². The summed E-state index contributed by atoms with van der Waals surface area (Å²) in [5, 5.41) is 5.72. The second kappa shape index (κ2) is 4.34. The van der Waals surface area contributed by atoms with Crippen LogP contribution in [0.5, 0.6) is 0 Å². The lowest BCUT2D eigenvalue weighted by atomic mass is 10.2. The highest BCUT2D eigenvalue weighted by Gasteiger charge is 2.19. The van der Waals surface area contributed by atoms with E-state index in [1.54, 1.807) is 11.8 Å². The molecule has 0 radical (unpaired) electrons. The Morgan fingerprint density at radius 3 is 3.20 bits per heavy atom. The Morgan fingerprint density at radius 2 is 2.33 bits per heavy atom. The maximum absolute atomic E-state index is 4.29. The molecular formula is C9H8IN3S2. The third kappa shape index (κ3) is 1.90. The van der Waals surface area contributed by atoms with Crippen molar-refractivity contribution in [1.29, 1.82) is 0 Å². The Morgan fingerprint density at radius 1 is 1.47 bits per heavy atom. The molecule has 0 aromatic carbocycles. The standard InChI is InChI=1S/C9H7N3S2.HI/c1-12-3-2-6-5-13-9-8(7(6)4-12)10-14-11-9;/h2-5H,1H3;1H. The zero-order chi connectivity index (χ0) is 9.54. The van der Waals surface area contributed by atoms with E-state index in [1.165, 1.54) is 22.6 Å². The minimum absolute atomic E-state index is 0. The molecule has 3 rings (SSSR count). The van der Waals surface area contributed by atoms with Crippen molar-refractivity contribution in [1.82, 2.24) is 4.72 Å². The second-order valence-corrected chi connectivity index (χ2v) is 4.61. The van der Waals surface area contributed by atoms with Gasteiger partial charge in [0.05, 0.1) is 23.0 Å². The number of halogens is 1. The average molecular weight is 349 g/mol. The topological polar surface area (TPSA) is 28.3 Å². The molecule has 0 saturated heterocycles. The Bertz CT molecular complexity index is 553. The van der Waals surface area contributed by atoms with Crippen LogP contribution in [0.25, 0.3) is 11.1 Å². The van der Waals surface area contributed by atoms with Crippen LogP contribution in [0.3, 0.4) is 0 Å². The van der Waals surface area contributed by atoms with Crippen LogP contribution in [0, 0.1) is 0 Å². The van der Waals surface area contributed by atoms with Crippen LogP contribution in [-0.4, -0.2) is 5.04 Å². The Hall–Kier alpha value is -0.210. The Kier molecular flexibility index (Phi) is 3.27. The highest BCUT2D eigenvalue weighted by molar-refractivity contribution is 8.22. The van der Waals surface area contributed by atoms with Gasteiger partial charge in [0.25, 0.3) is 0 Å². The largest absolute Gasteiger partial charge is 1.00 e. The number of thioether (sulfide) groups is 1. The first-order valence-corrected chi connectivity index (χ1v) is 5.87. The van der Waals surface area contributed by atoms with Crippen LogP contribution in [0.2, 0.25) is 0 Å². The molecule has 1 aromatic rings. The van der Waals surface area contributed by atoms with Gasteiger partial charge in [-0.15, -0.1) is 0 Å². The van der Waals surface area contributed by atoms with Gasteiger partial charge in [0, 0.05) is 11.3 Å². The van der Waals surface area contributed by atoms with Crippen molar-refractivity contribution in [3.8, 4) is 0 Å². The molecule has 2 aliphatic heterocycles. The molecular weight excluding hydrogens is 341 g/mol. The fraction of sp³-hybridized carbons (Fsp3) is 0.111. The number of rotatable bonds is 0. The van der Waals surface area contributed by atoms with Crippen LogP contribution >= 0.6 is 23.9 Å². The molecule has 0 unspecified atom stereocenters. The van der Waals surface area contributed by atoms with Crippen LogP contribution in [0.4, 0.5) is 0 Å². The van der Waals surface area contributed by atoms with Gasteiger partial charge in [0.15, 0.2) is 12.4 Å². The number of nitrogens with zero attached hydrogens (tertiary/aromatic N) is 2. The van der Waals surface area contributed by atoms with Gasteiger partial charge in [-0.1, -0.05) is 11.8 Å². The number of hydrogen-bond acceptors (Lipinski definition) is 4. The molecule has 78 valence electrons. The van der Waals surface area contributed by atoms with E-state index in [0.717, 1.165) is 10.7 Å². The number of pyridine rings is 1. The van der Waals surface area contributed by atoms with Crippen molar-refractivity contribution >= 4 is 40.0 Å². The van der Waals surface area contributed by atoms with Crippen molar-refractivity contribution in [2.45, 2.75) is 0 Å². The summed E-state index contributed by atoms with van der Waals surface area (Å²) in [4.78, 5) is 0. The quantitative estimate of drug-likeness (QED) is 0.302. The zero-order valence-electron chi connectivity index (χ0n) is 7.90. The van der Waals surface area contributed by atoms with E-state index >= 15 is 0 Å². The molecule has 0 bridgehead atoms. The summed E-state index contributed by atoms with van der Waals surface area (Å²) in [6, 6.07) is 2.12. The summed E-state index contributed by atoms with van der Waals surface area (Å²) in [5.41, 5.74) is 1.15. The van der Waals surface area contributed by atoms with Gasteiger partial charge in [-0.05, 0) is 5.41 Å². The van der Waals surface area contributed by atoms with Crippen molar-refractivity contribution in [3.63, 3.8) is 0 Å². The molecule has 0 atom stereocenters. The smallest absolute Gasteiger partial charge is 0.178 e. The van der Waals surface area contributed by atoms with Crippen molar-refractivity contribution < 1.29 is 28.5 Å². The van der Waals surface area contributed by atoms with Crippen LogP contribution in [0.15, 0.2) is 22.9 Å². The fourth-order valence-electron chi connectivity index (χ4n) is 1.49. The lowest BCUT2D eigenvalue weighted by Crippen LogP contribution is -3.00. The Balaban J connectivity index is 0.000000853. The monoisotopic (exact) mass is 349 g/mol. The fourth-order valence-corrected chi connectivity index (χ4v) is 3.08. The molecule has 0 saturated carbocycles. The van der Waals surface area contributed by atoms with Crippen LogP contribution in [-0.2, 0) is 7.05 Å². The van der Waals surface area contributed by atoms with Gasteiger partial charge in [-0.3, -0.25) is 0 Å². The molecule has 2 aliphatic rings. The maximum atomic E-state index is 4.29. The van der Waals surface area contributed by atoms with E-state index in [0.29, 0.717) is 0 Å². The second-order valence-electron chi connectivity index (χ2n) is 3.18. The van der Waals surface area contributed by atoms with Gasteiger partial charge in [0.1, 0.15) is 12.1 Å². The van der Waals surface area contributed by atoms with E-state index in [1.807, 2.05) is 7.05 Å². The summed E-state index contributed by atoms with van der Waals surface area (Å²) in [7, 11) is 2.03. The molecule has 0 fully saturated rings. The zero-order valence-corrected chi connectivity index (χ0v) is 11.7. The molecule has 1 N–H and O–H groups in total. The van der Waals surface area contributed by atoms with E-state index in [4.69, 9.17) is 0 Å². The number of aryl methyl sites for hydroxylation is 1. The first kappa shape index (κ1) is 11.3. The number of nitrogens with one attached hydrogen (secondary N) is 1. The van der Waals surface area contributed by atoms with Crippen molar-refractivity contribution in [2.75, 3.05) is 0 Å². The Labute approximate surface area is 113 Å². The first-order chi connectivity index (χ1) is 6.84. The summed E-state index contributed by atoms with van der Waals surface area (Å²) >= 11 is 3.08. The molecule has 3 heterocycles. The van der Waals surface area contributed by atoms with Gasteiger partial charge >= 0.3 is 0 Å². The van der Waals surface area contributed by atoms with E-state index in [2.05, 4.69) is 37.6 Å².